The lowest BCUT2D eigenvalue weighted by Gasteiger charge is -2.37. The second-order valence-corrected chi connectivity index (χ2v) is 6.18. The molecule has 110 valence electrons. The number of hydrogen-bond acceptors (Lipinski definition) is 3. The molecule has 1 unspecified atom stereocenters. The first-order valence-corrected chi connectivity index (χ1v) is 7.91. The fourth-order valence-corrected chi connectivity index (χ4v) is 3.19. The molecule has 0 aromatic rings. The van der Waals surface area contributed by atoms with E-state index >= 15 is 0 Å². The van der Waals surface area contributed by atoms with Crippen molar-refractivity contribution in [3.05, 3.63) is 0 Å². The second-order valence-electron chi connectivity index (χ2n) is 6.18. The predicted molar refractivity (Wildman–Crippen MR) is 78.1 cm³/mol. The largest absolute Gasteiger partial charge is 0.341 e. The van der Waals surface area contributed by atoms with E-state index in [2.05, 4.69) is 29.1 Å². The van der Waals surface area contributed by atoms with Crippen LogP contribution in [0.3, 0.4) is 0 Å². The smallest absolute Gasteiger partial charge is 0.239 e. The number of hydrogen-bond donors (Lipinski definition) is 1. The zero-order chi connectivity index (χ0) is 13.7. The molecule has 19 heavy (non-hydrogen) atoms. The lowest BCUT2D eigenvalue weighted by molar-refractivity contribution is -0.136. The zero-order valence-corrected chi connectivity index (χ0v) is 12.5. The Kier molecular flexibility index (Phi) is 5.64. The molecule has 2 aliphatic rings. The van der Waals surface area contributed by atoms with Gasteiger partial charge < -0.3 is 15.1 Å². The molecule has 1 atom stereocenters. The number of piperidine rings is 2. The number of rotatable bonds is 5. The average Bonchev–Trinajstić information content (AvgIpc) is 2.42. The van der Waals surface area contributed by atoms with Gasteiger partial charge in [-0.25, -0.2) is 0 Å². The summed E-state index contributed by atoms with van der Waals surface area (Å²) in [5, 5.41) is 3.40. The highest BCUT2D eigenvalue weighted by Gasteiger charge is 2.30. The normalized spacial score (nSPS) is 26.9. The van der Waals surface area contributed by atoms with Gasteiger partial charge in [-0.15, -0.1) is 0 Å². The molecule has 0 spiro atoms. The number of carbonyl (C=O) groups excluding carboxylic acids is 1. The standard InChI is InChI=1S/C15H29N3O/c1-3-8-16-14-5-4-9-18(15(14)19)12-13-6-10-17(2)11-7-13/h13-14,16H,3-12H2,1-2H3. The van der Waals surface area contributed by atoms with Crippen molar-refractivity contribution in [1.29, 1.82) is 0 Å². The summed E-state index contributed by atoms with van der Waals surface area (Å²) in [6.45, 7) is 7.43. The van der Waals surface area contributed by atoms with E-state index in [1.54, 1.807) is 0 Å². The molecule has 1 amide bonds. The molecule has 0 aliphatic carbocycles. The maximum absolute atomic E-state index is 12.4. The Morgan fingerprint density at radius 1 is 1.21 bits per heavy atom. The number of amides is 1. The van der Waals surface area contributed by atoms with Crippen LogP contribution in [0.2, 0.25) is 0 Å². The van der Waals surface area contributed by atoms with E-state index in [-0.39, 0.29) is 6.04 Å². The SMILES string of the molecule is CCCNC1CCCN(CC2CCN(C)CC2)C1=O. The summed E-state index contributed by atoms with van der Waals surface area (Å²) in [7, 11) is 2.19. The van der Waals surface area contributed by atoms with Crippen LogP contribution in [-0.2, 0) is 4.79 Å². The second kappa shape index (κ2) is 7.25. The first kappa shape index (κ1) is 14.8. The van der Waals surface area contributed by atoms with Crippen LogP contribution in [0.25, 0.3) is 0 Å². The van der Waals surface area contributed by atoms with Crippen LogP contribution in [0.4, 0.5) is 0 Å². The Morgan fingerprint density at radius 3 is 2.63 bits per heavy atom. The lowest BCUT2D eigenvalue weighted by Crippen LogP contribution is -2.52. The molecule has 2 fully saturated rings. The molecule has 0 saturated carbocycles. The molecule has 0 bridgehead atoms. The Hall–Kier alpha value is -0.610. The van der Waals surface area contributed by atoms with Crippen LogP contribution in [0.5, 0.6) is 0 Å². The third-order valence-corrected chi connectivity index (χ3v) is 4.49. The summed E-state index contributed by atoms with van der Waals surface area (Å²) >= 11 is 0. The van der Waals surface area contributed by atoms with Gasteiger partial charge in [0, 0.05) is 13.1 Å². The molecule has 2 rings (SSSR count). The Morgan fingerprint density at radius 2 is 1.95 bits per heavy atom. The van der Waals surface area contributed by atoms with Crippen molar-refractivity contribution in [3.63, 3.8) is 0 Å². The van der Waals surface area contributed by atoms with Crippen molar-refractivity contribution in [2.24, 2.45) is 5.92 Å². The highest BCUT2D eigenvalue weighted by Crippen LogP contribution is 2.20. The van der Waals surface area contributed by atoms with Gasteiger partial charge in [-0.05, 0) is 64.7 Å². The van der Waals surface area contributed by atoms with E-state index in [0.29, 0.717) is 11.8 Å². The third-order valence-electron chi connectivity index (χ3n) is 4.49. The van der Waals surface area contributed by atoms with Gasteiger partial charge in [0.25, 0.3) is 0 Å². The summed E-state index contributed by atoms with van der Waals surface area (Å²) in [6.07, 6.45) is 5.75. The van der Waals surface area contributed by atoms with Gasteiger partial charge in [0.1, 0.15) is 0 Å². The first-order valence-electron chi connectivity index (χ1n) is 7.91. The van der Waals surface area contributed by atoms with E-state index in [1.807, 2.05) is 0 Å². The minimum atomic E-state index is 0.0833. The van der Waals surface area contributed by atoms with Crippen molar-refractivity contribution in [2.45, 2.75) is 45.1 Å². The molecular formula is C15H29N3O. The van der Waals surface area contributed by atoms with Gasteiger partial charge in [0.05, 0.1) is 6.04 Å². The molecule has 4 nitrogen and oxygen atoms in total. The van der Waals surface area contributed by atoms with E-state index in [1.165, 1.54) is 25.9 Å². The van der Waals surface area contributed by atoms with Crippen molar-refractivity contribution < 1.29 is 4.79 Å². The molecule has 4 heteroatoms. The maximum atomic E-state index is 12.4. The van der Waals surface area contributed by atoms with Crippen molar-refractivity contribution in [2.75, 3.05) is 39.8 Å². The Balaban J connectivity index is 1.80. The number of likely N-dealkylation sites (tertiary alicyclic amines) is 2. The van der Waals surface area contributed by atoms with Gasteiger partial charge >= 0.3 is 0 Å². The molecule has 1 N–H and O–H groups in total. The molecule has 0 aromatic heterocycles. The topological polar surface area (TPSA) is 35.6 Å². The van der Waals surface area contributed by atoms with Crippen molar-refractivity contribution in [3.8, 4) is 0 Å². The number of carbonyl (C=O) groups is 1. The van der Waals surface area contributed by atoms with Crippen LogP contribution in [0.15, 0.2) is 0 Å². The molecule has 0 aromatic carbocycles. The predicted octanol–water partition coefficient (Wildman–Crippen LogP) is 1.32. The van der Waals surface area contributed by atoms with Crippen molar-refractivity contribution >= 4 is 5.91 Å². The highest BCUT2D eigenvalue weighted by atomic mass is 16.2. The Bertz CT molecular complexity index is 287. The highest BCUT2D eigenvalue weighted by molar-refractivity contribution is 5.82. The van der Waals surface area contributed by atoms with E-state index < -0.39 is 0 Å². The third kappa shape index (κ3) is 4.18. The van der Waals surface area contributed by atoms with Crippen LogP contribution in [0.1, 0.15) is 39.0 Å². The molecule has 2 saturated heterocycles. The zero-order valence-electron chi connectivity index (χ0n) is 12.5. The fourth-order valence-electron chi connectivity index (χ4n) is 3.19. The quantitative estimate of drug-likeness (QED) is 0.816. The average molecular weight is 267 g/mol. The van der Waals surface area contributed by atoms with E-state index in [0.717, 1.165) is 38.9 Å². The minimum Gasteiger partial charge on any atom is -0.341 e. The van der Waals surface area contributed by atoms with Gasteiger partial charge in [-0.2, -0.15) is 0 Å². The summed E-state index contributed by atoms with van der Waals surface area (Å²) in [4.78, 5) is 16.9. The summed E-state index contributed by atoms with van der Waals surface area (Å²) in [5.74, 6) is 1.06. The molecule has 2 aliphatic heterocycles. The van der Waals surface area contributed by atoms with Gasteiger partial charge in [0.15, 0.2) is 0 Å². The van der Waals surface area contributed by atoms with Crippen LogP contribution in [0, 0.1) is 5.92 Å². The maximum Gasteiger partial charge on any atom is 0.239 e. The van der Waals surface area contributed by atoms with Crippen molar-refractivity contribution in [1.82, 2.24) is 15.1 Å². The molecular weight excluding hydrogens is 238 g/mol. The van der Waals surface area contributed by atoms with Gasteiger partial charge in [-0.1, -0.05) is 6.92 Å². The van der Waals surface area contributed by atoms with Gasteiger partial charge in [0.2, 0.25) is 5.91 Å². The summed E-state index contributed by atoms with van der Waals surface area (Å²) in [5.41, 5.74) is 0. The first-order chi connectivity index (χ1) is 9.20. The molecule has 0 radical (unpaired) electrons. The van der Waals surface area contributed by atoms with Crippen LogP contribution >= 0.6 is 0 Å². The lowest BCUT2D eigenvalue weighted by atomic mass is 9.95. The minimum absolute atomic E-state index is 0.0833. The van der Waals surface area contributed by atoms with E-state index in [4.69, 9.17) is 0 Å². The van der Waals surface area contributed by atoms with Crippen LogP contribution < -0.4 is 5.32 Å². The van der Waals surface area contributed by atoms with Gasteiger partial charge in [-0.3, -0.25) is 4.79 Å². The molecule has 2 heterocycles. The fraction of sp³-hybridized carbons (Fsp3) is 0.933. The Labute approximate surface area is 117 Å². The summed E-state index contributed by atoms with van der Waals surface area (Å²) < 4.78 is 0. The van der Waals surface area contributed by atoms with Crippen LogP contribution in [-0.4, -0.2) is 61.5 Å². The number of nitrogens with zero attached hydrogens (tertiary/aromatic N) is 2. The monoisotopic (exact) mass is 267 g/mol. The number of nitrogens with one attached hydrogen (secondary N) is 1. The summed E-state index contributed by atoms with van der Waals surface area (Å²) in [6, 6.07) is 0.0833. The van der Waals surface area contributed by atoms with E-state index in [9.17, 15) is 4.79 Å².